The van der Waals surface area contributed by atoms with Crippen LogP contribution < -0.4 is 15.4 Å². The van der Waals surface area contributed by atoms with Gasteiger partial charge in [-0.1, -0.05) is 35.9 Å². The number of hydrogen-bond donors (Lipinski definition) is 2. The highest BCUT2D eigenvalue weighted by Crippen LogP contribution is 2.21. The highest BCUT2D eigenvalue weighted by molar-refractivity contribution is 7.80. The monoisotopic (exact) mass is 364 g/mol. The van der Waals surface area contributed by atoms with Gasteiger partial charge < -0.3 is 14.8 Å². The maximum atomic E-state index is 12.4. The number of amides is 1. The van der Waals surface area contributed by atoms with Crippen molar-refractivity contribution in [3.05, 3.63) is 59.1 Å². The van der Waals surface area contributed by atoms with E-state index >= 15 is 0 Å². The Morgan fingerprint density at radius 2 is 1.83 bits per heavy atom. The molecule has 5 nitrogen and oxygen atoms in total. The molecule has 126 valence electrons. The fourth-order valence-electron chi connectivity index (χ4n) is 1.90. The zero-order valence-corrected chi connectivity index (χ0v) is 14.6. The summed E-state index contributed by atoms with van der Waals surface area (Å²) >= 11 is 11.2. The molecule has 0 atom stereocenters. The van der Waals surface area contributed by atoms with Crippen LogP contribution in [0.25, 0.3) is 0 Å². The third-order valence-electron chi connectivity index (χ3n) is 3.03. The average molecular weight is 365 g/mol. The molecule has 0 radical (unpaired) electrons. The van der Waals surface area contributed by atoms with Crippen LogP contribution in [0.5, 0.6) is 5.75 Å². The molecule has 24 heavy (non-hydrogen) atoms. The van der Waals surface area contributed by atoms with Crippen molar-refractivity contribution >= 4 is 40.5 Å². The number of methoxy groups -OCH3 is 1. The van der Waals surface area contributed by atoms with Gasteiger partial charge in [0, 0.05) is 7.11 Å². The van der Waals surface area contributed by atoms with Crippen molar-refractivity contribution in [1.29, 1.82) is 0 Å². The third-order valence-corrected chi connectivity index (χ3v) is 3.56. The van der Waals surface area contributed by atoms with Gasteiger partial charge in [-0.05, 0) is 36.5 Å². The van der Waals surface area contributed by atoms with Gasteiger partial charge in [0.2, 0.25) is 0 Å². The second kappa shape index (κ2) is 9.22. The SMILES string of the molecule is COCCOc1ccccc1C(=O)NC(=S)Nc1ccccc1Cl. The van der Waals surface area contributed by atoms with Crippen LogP contribution in [0.2, 0.25) is 5.02 Å². The first-order valence-electron chi connectivity index (χ1n) is 7.19. The summed E-state index contributed by atoms with van der Waals surface area (Å²) in [6, 6.07) is 14.0. The fourth-order valence-corrected chi connectivity index (χ4v) is 2.29. The van der Waals surface area contributed by atoms with E-state index in [0.29, 0.717) is 35.2 Å². The smallest absolute Gasteiger partial charge is 0.261 e. The van der Waals surface area contributed by atoms with E-state index < -0.39 is 0 Å². The number of thiocarbonyl (C=S) groups is 1. The molecule has 2 rings (SSSR count). The number of carbonyl (C=O) groups excluding carboxylic acids is 1. The summed E-state index contributed by atoms with van der Waals surface area (Å²) in [5, 5.41) is 6.17. The molecule has 0 aliphatic carbocycles. The van der Waals surface area contributed by atoms with Gasteiger partial charge in [0.15, 0.2) is 5.11 Å². The standard InChI is InChI=1S/C17H17ClN2O3S/c1-22-10-11-23-15-9-5-2-6-12(15)16(21)20-17(24)19-14-8-4-3-7-13(14)18/h2-9H,10-11H2,1H3,(H2,19,20,21,24). The maximum Gasteiger partial charge on any atom is 0.261 e. The lowest BCUT2D eigenvalue weighted by Gasteiger charge is -2.13. The number of nitrogens with one attached hydrogen (secondary N) is 2. The number of benzene rings is 2. The van der Waals surface area contributed by atoms with Crippen molar-refractivity contribution in [3.63, 3.8) is 0 Å². The predicted octanol–water partition coefficient (Wildman–Crippen LogP) is 3.49. The van der Waals surface area contributed by atoms with Crippen molar-refractivity contribution in [2.45, 2.75) is 0 Å². The van der Waals surface area contributed by atoms with Gasteiger partial charge in [-0.2, -0.15) is 0 Å². The van der Waals surface area contributed by atoms with Crippen molar-refractivity contribution in [2.75, 3.05) is 25.6 Å². The fraction of sp³-hybridized carbons (Fsp3) is 0.176. The molecule has 0 aromatic heterocycles. The van der Waals surface area contributed by atoms with E-state index in [2.05, 4.69) is 10.6 Å². The molecular formula is C17H17ClN2O3S. The first-order valence-corrected chi connectivity index (χ1v) is 7.98. The zero-order chi connectivity index (χ0) is 17.4. The van der Waals surface area contributed by atoms with E-state index in [4.69, 9.17) is 33.3 Å². The largest absolute Gasteiger partial charge is 0.490 e. The minimum absolute atomic E-state index is 0.153. The zero-order valence-electron chi connectivity index (χ0n) is 13.0. The third kappa shape index (κ3) is 5.19. The summed E-state index contributed by atoms with van der Waals surface area (Å²) in [5.41, 5.74) is 1.01. The molecule has 0 aliphatic rings. The average Bonchev–Trinajstić information content (AvgIpc) is 2.57. The van der Waals surface area contributed by atoms with Crippen LogP contribution >= 0.6 is 23.8 Å². The van der Waals surface area contributed by atoms with Gasteiger partial charge in [0.25, 0.3) is 5.91 Å². The maximum absolute atomic E-state index is 12.4. The van der Waals surface area contributed by atoms with Crippen molar-refractivity contribution in [1.82, 2.24) is 5.32 Å². The normalized spacial score (nSPS) is 10.1. The van der Waals surface area contributed by atoms with Crippen LogP contribution in [0, 0.1) is 0 Å². The molecule has 2 aromatic carbocycles. The number of rotatable bonds is 6. The molecule has 0 fully saturated rings. The second-order valence-electron chi connectivity index (χ2n) is 4.73. The lowest BCUT2D eigenvalue weighted by Crippen LogP contribution is -2.34. The first kappa shape index (κ1) is 18.2. The van der Waals surface area contributed by atoms with Crippen molar-refractivity contribution in [3.8, 4) is 5.75 Å². The topological polar surface area (TPSA) is 59.6 Å². The number of ether oxygens (including phenoxy) is 2. The Labute approximate surface area is 150 Å². The van der Waals surface area contributed by atoms with Crippen LogP contribution in [0.15, 0.2) is 48.5 Å². The molecule has 0 heterocycles. The quantitative estimate of drug-likeness (QED) is 0.607. The minimum Gasteiger partial charge on any atom is -0.490 e. The van der Waals surface area contributed by atoms with Crippen LogP contribution in [0.1, 0.15) is 10.4 Å². The van der Waals surface area contributed by atoms with Crippen molar-refractivity contribution in [2.24, 2.45) is 0 Å². The molecule has 2 aromatic rings. The molecule has 1 amide bonds. The summed E-state index contributed by atoms with van der Waals surface area (Å²) in [4.78, 5) is 12.4. The van der Waals surface area contributed by atoms with Gasteiger partial charge in [0.1, 0.15) is 12.4 Å². The Morgan fingerprint density at radius 1 is 1.12 bits per heavy atom. The van der Waals surface area contributed by atoms with E-state index in [1.54, 1.807) is 43.5 Å². The molecule has 0 saturated heterocycles. The summed E-state index contributed by atoms with van der Waals surface area (Å²) in [6.45, 7) is 0.783. The van der Waals surface area contributed by atoms with Crippen LogP contribution in [0.3, 0.4) is 0 Å². The van der Waals surface area contributed by atoms with Gasteiger partial charge in [-0.3, -0.25) is 10.1 Å². The number of anilines is 1. The summed E-state index contributed by atoms with van der Waals surface area (Å²) < 4.78 is 10.5. The Balaban J connectivity index is 2.01. The van der Waals surface area contributed by atoms with Gasteiger partial charge in [0.05, 0.1) is 22.9 Å². The molecule has 0 bridgehead atoms. The number of para-hydroxylation sites is 2. The summed E-state index contributed by atoms with van der Waals surface area (Å²) in [6.07, 6.45) is 0. The Hall–Kier alpha value is -2.15. The highest BCUT2D eigenvalue weighted by atomic mass is 35.5. The Morgan fingerprint density at radius 3 is 2.58 bits per heavy atom. The van der Waals surface area contributed by atoms with E-state index in [-0.39, 0.29) is 11.0 Å². The predicted molar refractivity (Wildman–Crippen MR) is 99.0 cm³/mol. The van der Waals surface area contributed by atoms with Gasteiger partial charge >= 0.3 is 0 Å². The minimum atomic E-state index is -0.368. The first-order chi connectivity index (χ1) is 11.6. The molecule has 7 heteroatoms. The molecule has 0 saturated carbocycles. The summed E-state index contributed by atoms with van der Waals surface area (Å²) in [5.74, 6) is 0.0974. The van der Waals surface area contributed by atoms with Crippen molar-refractivity contribution < 1.29 is 14.3 Å². The lowest BCUT2D eigenvalue weighted by atomic mass is 10.2. The number of halogens is 1. The lowest BCUT2D eigenvalue weighted by molar-refractivity contribution is 0.0970. The Kier molecular flexibility index (Phi) is 6.99. The second-order valence-corrected chi connectivity index (χ2v) is 5.54. The van der Waals surface area contributed by atoms with Crippen LogP contribution in [-0.2, 0) is 4.74 Å². The summed E-state index contributed by atoms with van der Waals surface area (Å²) in [7, 11) is 1.58. The molecule has 0 unspecified atom stereocenters. The van der Waals surface area contributed by atoms with Gasteiger partial charge in [-0.25, -0.2) is 0 Å². The molecule has 0 aliphatic heterocycles. The van der Waals surface area contributed by atoms with Gasteiger partial charge in [-0.15, -0.1) is 0 Å². The Bertz CT molecular complexity index is 724. The van der Waals surface area contributed by atoms with E-state index in [0.717, 1.165) is 0 Å². The van der Waals surface area contributed by atoms with Crippen LogP contribution in [-0.4, -0.2) is 31.3 Å². The molecule has 0 spiro atoms. The number of hydrogen-bond acceptors (Lipinski definition) is 4. The van der Waals surface area contributed by atoms with E-state index in [9.17, 15) is 4.79 Å². The molecular weight excluding hydrogens is 348 g/mol. The highest BCUT2D eigenvalue weighted by Gasteiger charge is 2.14. The van der Waals surface area contributed by atoms with E-state index in [1.165, 1.54) is 0 Å². The van der Waals surface area contributed by atoms with E-state index in [1.807, 2.05) is 12.1 Å². The number of carbonyl (C=O) groups is 1. The van der Waals surface area contributed by atoms with Crippen LogP contribution in [0.4, 0.5) is 5.69 Å². The molecule has 2 N–H and O–H groups in total.